The molecular weight excluding hydrogens is 494 g/mol. The molecule has 1 amide bonds. The Morgan fingerprint density at radius 3 is 2.45 bits per heavy atom. The van der Waals surface area contributed by atoms with Crippen LogP contribution in [0, 0.1) is 0 Å². The second-order valence-electron chi connectivity index (χ2n) is 10.0. The fourth-order valence-electron chi connectivity index (χ4n) is 5.22. The predicted octanol–water partition coefficient (Wildman–Crippen LogP) is 5.64. The zero-order valence-corrected chi connectivity index (χ0v) is 22.2. The Balaban J connectivity index is 1.36. The van der Waals surface area contributed by atoms with Crippen molar-refractivity contribution in [1.82, 2.24) is 23.9 Å². The van der Waals surface area contributed by atoms with Gasteiger partial charge in [-0.15, -0.1) is 0 Å². The molecule has 6 nitrogen and oxygen atoms in total. The molecule has 0 bridgehead atoms. The van der Waals surface area contributed by atoms with E-state index in [0.717, 1.165) is 69.9 Å². The van der Waals surface area contributed by atoms with Gasteiger partial charge in [0.15, 0.2) is 0 Å². The van der Waals surface area contributed by atoms with E-state index in [4.69, 9.17) is 11.6 Å². The molecule has 0 aliphatic carbocycles. The third-order valence-corrected chi connectivity index (χ3v) is 7.64. The number of hydrogen-bond donors (Lipinski definition) is 0. The van der Waals surface area contributed by atoms with Crippen LogP contribution in [0.2, 0.25) is 5.02 Å². The van der Waals surface area contributed by atoms with Gasteiger partial charge in [-0.1, -0.05) is 66.2 Å². The van der Waals surface area contributed by atoms with Crippen molar-refractivity contribution in [1.29, 1.82) is 0 Å². The van der Waals surface area contributed by atoms with Crippen LogP contribution >= 0.6 is 11.6 Å². The lowest BCUT2D eigenvalue weighted by atomic mass is 9.97. The monoisotopic (exact) mass is 523 g/mol. The summed E-state index contributed by atoms with van der Waals surface area (Å²) in [6, 6.07) is 22.6. The third-order valence-electron chi connectivity index (χ3n) is 7.39. The molecule has 1 aliphatic heterocycles. The largest absolute Gasteiger partial charge is 0.347 e. The molecule has 0 saturated carbocycles. The number of carbonyl (C=O) groups is 1. The summed E-state index contributed by atoms with van der Waals surface area (Å²) in [5, 5.41) is 3.04. The van der Waals surface area contributed by atoms with Crippen molar-refractivity contribution in [3.63, 3.8) is 0 Å². The standard InChI is InChI=1S/C31H30ClN5O/c1-34-13-15-36(16-14-34)31(38)30-21-35(20-29(30)28-8-4-6-24-5-2-3-7-27(24)28)19-26-17-33-22-37(26)18-23-9-11-25(32)12-10-23/h2-12,17,20-22H,13-16,18-19H2,1H3. The van der Waals surface area contributed by atoms with E-state index in [2.05, 4.69) is 74.7 Å². The second kappa shape index (κ2) is 10.5. The molecule has 3 heterocycles. The Kier molecular flexibility index (Phi) is 6.75. The Bertz CT molecular complexity index is 1570. The molecule has 0 atom stereocenters. The minimum atomic E-state index is 0.0921. The highest BCUT2D eigenvalue weighted by molar-refractivity contribution is 6.30. The first kappa shape index (κ1) is 24.5. The zero-order valence-electron chi connectivity index (χ0n) is 21.4. The van der Waals surface area contributed by atoms with Crippen LogP contribution in [-0.2, 0) is 13.1 Å². The van der Waals surface area contributed by atoms with Crippen LogP contribution in [0.15, 0.2) is 91.6 Å². The Hall–Kier alpha value is -3.87. The highest BCUT2D eigenvalue weighted by atomic mass is 35.5. The minimum absolute atomic E-state index is 0.0921. The van der Waals surface area contributed by atoms with Crippen LogP contribution in [0.25, 0.3) is 21.9 Å². The first-order valence-corrected chi connectivity index (χ1v) is 13.3. The summed E-state index contributed by atoms with van der Waals surface area (Å²) in [4.78, 5) is 22.5. The van der Waals surface area contributed by atoms with Crippen LogP contribution in [-0.4, -0.2) is 63.1 Å². The second-order valence-corrected chi connectivity index (χ2v) is 10.5. The summed E-state index contributed by atoms with van der Waals surface area (Å²) < 4.78 is 4.26. The van der Waals surface area contributed by atoms with Gasteiger partial charge >= 0.3 is 0 Å². The van der Waals surface area contributed by atoms with E-state index in [-0.39, 0.29) is 5.91 Å². The molecule has 192 valence electrons. The topological polar surface area (TPSA) is 46.3 Å². The normalized spacial score (nSPS) is 14.3. The van der Waals surface area contributed by atoms with Gasteiger partial charge in [0.05, 0.1) is 24.1 Å². The molecular formula is C31H30ClN5O. The van der Waals surface area contributed by atoms with E-state index >= 15 is 0 Å². The quantitative estimate of drug-likeness (QED) is 0.289. The van der Waals surface area contributed by atoms with Gasteiger partial charge in [-0.25, -0.2) is 4.98 Å². The van der Waals surface area contributed by atoms with Crippen molar-refractivity contribution >= 4 is 28.3 Å². The van der Waals surface area contributed by atoms with Crippen molar-refractivity contribution < 1.29 is 4.79 Å². The van der Waals surface area contributed by atoms with Gasteiger partial charge in [0.25, 0.3) is 5.91 Å². The number of piperazine rings is 1. The van der Waals surface area contributed by atoms with E-state index in [1.165, 1.54) is 0 Å². The molecule has 6 rings (SSSR count). The predicted molar refractivity (Wildman–Crippen MR) is 153 cm³/mol. The Morgan fingerprint density at radius 1 is 0.868 bits per heavy atom. The maximum atomic E-state index is 13.9. The van der Waals surface area contributed by atoms with Gasteiger partial charge in [0.1, 0.15) is 0 Å². The number of aromatic nitrogens is 3. The van der Waals surface area contributed by atoms with Gasteiger partial charge in [0.2, 0.25) is 0 Å². The van der Waals surface area contributed by atoms with Gasteiger partial charge in [-0.2, -0.15) is 0 Å². The lowest BCUT2D eigenvalue weighted by Crippen LogP contribution is -2.47. The Labute approximate surface area is 227 Å². The maximum Gasteiger partial charge on any atom is 0.256 e. The summed E-state index contributed by atoms with van der Waals surface area (Å²) in [5.41, 5.74) is 5.01. The SMILES string of the molecule is CN1CCN(C(=O)c2cn(Cc3cncn3Cc3ccc(Cl)cc3)cc2-c2cccc3ccccc23)CC1. The molecule has 7 heteroatoms. The van der Waals surface area contributed by atoms with E-state index in [0.29, 0.717) is 13.1 Å². The molecule has 5 aromatic rings. The molecule has 0 radical (unpaired) electrons. The van der Waals surface area contributed by atoms with Crippen LogP contribution in [0.1, 0.15) is 21.6 Å². The highest BCUT2D eigenvalue weighted by Crippen LogP contribution is 2.33. The van der Waals surface area contributed by atoms with Crippen molar-refractivity contribution in [3.05, 3.63) is 113 Å². The number of likely N-dealkylation sites (N-methyl/N-ethyl adjacent to an activating group) is 1. The summed E-state index contributed by atoms with van der Waals surface area (Å²) >= 11 is 6.07. The fraction of sp³-hybridized carbons (Fsp3) is 0.226. The smallest absolute Gasteiger partial charge is 0.256 e. The number of nitrogens with zero attached hydrogens (tertiary/aromatic N) is 5. The maximum absolute atomic E-state index is 13.9. The van der Waals surface area contributed by atoms with Crippen LogP contribution in [0.5, 0.6) is 0 Å². The number of carbonyl (C=O) groups excluding carboxylic acids is 1. The van der Waals surface area contributed by atoms with Gasteiger partial charge < -0.3 is 18.9 Å². The van der Waals surface area contributed by atoms with Crippen LogP contribution in [0.4, 0.5) is 0 Å². The number of benzene rings is 3. The van der Waals surface area contributed by atoms with Crippen LogP contribution in [0.3, 0.4) is 0 Å². The van der Waals surface area contributed by atoms with Crippen LogP contribution < -0.4 is 0 Å². The minimum Gasteiger partial charge on any atom is -0.347 e. The molecule has 0 spiro atoms. The first-order chi connectivity index (χ1) is 18.5. The number of hydrogen-bond acceptors (Lipinski definition) is 3. The van der Waals surface area contributed by atoms with E-state index in [1.54, 1.807) is 0 Å². The first-order valence-electron chi connectivity index (χ1n) is 12.9. The third kappa shape index (κ3) is 4.97. The van der Waals surface area contributed by atoms with Crippen molar-refractivity contribution in [2.24, 2.45) is 0 Å². The van der Waals surface area contributed by atoms with Crippen molar-refractivity contribution in [2.75, 3.05) is 33.2 Å². The summed E-state index contributed by atoms with van der Waals surface area (Å²) in [6.45, 7) is 4.57. The summed E-state index contributed by atoms with van der Waals surface area (Å²) in [7, 11) is 2.10. The molecule has 38 heavy (non-hydrogen) atoms. The number of imidazole rings is 1. The van der Waals surface area contributed by atoms with E-state index in [9.17, 15) is 4.79 Å². The molecule has 2 aromatic heterocycles. The van der Waals surface area contributed by atoms with E-state index in [1.807, 2.05) is 47.9 Å². The average molecular weight is 524 g/mol. The van der Waals surface area contributed by atoms with Gasteiger partial charge in [0, 0.05) is 61.9 Å². The number of halogens is 1. The van der Waals surface area contributed by atoms with E-state index < -0.39 is 0 Å². The van der Waals surface area contributed by atoms with Crippen molar-refractivity contribution in [2.45, 2.75) is 13.1 Å². The summed E-state index contributed by atoms with van der Waals surface area (Å²) in [5.74, 6) is 0.0921. The highest BCUT2D eigenvalue weighted by Gasteiger charge is 2.25. The van der Waals surface area contributed by atoms with Gasteiger partial charge in [-0.3, -0.25) is 4.79 Å². The molecule has 1 saturated heterocycles. The molecule has 3 aromatic carbocycles. The van der Waals surface area contributed by atoms with Crippen molar-refractivity contribution in [3.8, 4) is 11.1 Å². The zero-order chi connectivity index (χ0) is 26.1. The van der Waals surface area contributed by atoms with Gasteiger partial charge in [-0.05, 0) is 41.1 Å². The number of rotatable bonds is 6. The lowest BCUT2D eigenvalue weighted by molar-refractivity contribution is 0.0665. The summed E-state index contributed by atoms with van der Waals surface area (Å²) in [6.07, 6.45) is 7.88. The molecule has 0 N–H and O–H groups in total. The number of amides is 1. The molecule has 1 fully saturated rings. The molecule has 1 aliphatic rings. The fourth-order valence-corrected chi connectivity index (χ4v) is 5.35. The lowest BCUT2D eigenvalue weighted by Gasteiger charge is -2.32. The molecule has 0 unspecified atom stereocenters. The average Bonchev–Trinajstić information content (AvgIpc) is 3.56. The Morgan fingerprint density at radius 2 is 1.63 bits per heavy atom. The number of fused-ring (bicyclic) bond motifs is 1.